The Bertz CT molecular complexity index is 587. The molecule has 1 saturated heterocycles. The summed E-state index contributed by atoms with van der Waals surface area (Å²) in [4.78, 5) is 23.5. The van der Waals surface area contributed by atoms with Crippen LogP contribution < -0.4 is 5.32 Å². The Balaban J connectivity index is 1.97. The Morgan fingerprint density at radius 2 is 1.87 bits per heavy atom. The molecule has 0 aromatic heterocycles. The van der Waals surface area contributed by atoms with Gasteiger partial charge in [0.1, 0.15) is 0 Å². The number of Topliss-reactive ketones (excluding diaryl/α,β-unsaturated/α-hetero) is 1. The number of hydrogen-bond donors (Lipinski definition) is 1. The van der Waals surface area contributed by atoms with Gasteiger partial charge in [-0.25, -0.2) is 0 Å². The van der Waals surface area contributed by atoms with Crippen molar-refractivity contribution >= 4 is 20.0 Å². The van der Waals surface area contributed by atoms with Crippen LogP contribution in [-0.2, 0) is 15.8 Å². The lowest BCUT2D eigenvalue weighted by Crippen LogP contribution is -2.40. The number of carbonyl (C=O) groups is 2. The number of amides is 1. The Morgan fingerprint density at radius 1 is 1.26 bits per heavy atom. The summed E-state index contributed by atoms with van der Waals surface area (Å²) in [6.07, 6.45) is 1.03. The molecule has 126 valence electrons. The standard InChI is InChI=1S/C18H27NO3Si/c1-18(2,3)23(4,5)22-12-13-6-8-14(9-7-13)17(21)15-10-11-16(20)19-15/h6-9,15H,10-12H2,1-5H3,(H,19,20)/t15-/m0/s1. The van der Waals surface area contributed by atoms with Gasteiger partial charge in [0.15, 0.2) is 14.1 Å². The number of ketones is 1. The summed E-state index contributed by atoms with van der Waals surface area (Å²) in [5, 5.41) is 2.90. The SMILES string of the molecule is CC(C)(C)[Si](C)(C)OCc1ccc(C(=O)[C@@H]2CCC(=O)N2)cc1. The normalized spacial score (nSPS) is 18.8. The second-order valence-electron chi connectivity index (χ2n) is 7.77. The van der Waals surface area contributed by atoms with Crippen LogP contribution in [0.3, 0.4) is 0 Å². The van der Waals surface area contributed by atoms with E-state index in [1.54, 1.807) is 0 Å². The first-order valence-electron chi connectivity index (χ1n) is 8.17. The Kier molecular flexibility index (Phi) is 5.11. The molecule has 1 aromatic rings. The van der Waals surface area contributed by atoms with Gasteiger partial charge in [-0.05, 0) is 30.1 Å². The molecule has 0 radical (unpaired) electrons. The van der Waals surface area contributed by atoms with Gasteiger partial charge in [-0.1, -0.05) is 45.0 Å². The summed E-state index contributed by atoms with van der Waals surface area (Å²) in [6.45, 7) is 11.7. The first-order valence-corrected chi connectivity index (χ1v) is 11.1. The minimum Gasteiger partial charge on any atom is -0.413 e. The summed E-state index contributed by atoms with van der Waals surface area (Å²) >= 11 is 0. The summed E-state index contributed by atoms with van der Waals surface area (Å²) in [5.41, 5.74) is 1.72. The highest BCUT2D eigenvalue weighted by atomic mass is 28.4. The van der Waals surface area contributed by atoms with E-state index in [1.807, 2.05) is 24.3 Å². The van der Waals surface area contributed by atoms with Crippen LogP contribution in [0.15, 0.2) is 24.3 Å². The van der Waals surface area contributed by atoms with Crippen LogP contribution in [0.25, 0.3) is 0 Å². The minimum absolute atomic E-state index is 0.00675. The van der Waals surface area contributed by atoms with E-state index in [1.165, 1.54) is 0 Å². The molecule has 5 heteroatoms. The quantitative estimate of drug-likeness (QED) is 0.661. The van der Waals surface area contributed by atoms with E-state index in [2.05, 4.69) is 39.2 Å². The fourth-order valence-electron chi connectivity index (χ4n) is 2.26. The first-order chi connectivity index (χ1) is 10.6. The molecule has 1 amide bonds. The molecular formula is C18H27NO3Si. The van der Waals surface area contributed by atoms with Crippen molar-refractivity contribution in [3.63, 3.8) is 0 Å². The van der Waals surface area contributed by atoms with Gasteiger partial charge in [0.2, 0.25) is 5.91 Å². The van der Waals surface area contributed by atoms with Crippen molar-refractivity contribution < 1.29 is 14.0 Å². The van der Waals surface area contributed by atoms with Crippen molar-refractivity contribution in [1.29, 1.82) is 0 Å². The van der Waals surface area contributed by atoms with Crippen molar-refractivity contribution in [2.75, 3.05) is 0 Å². The fourth-order valence-corrected chi connectivity index (χ4v) is 3.22. The van der Waals surface area contributed by atoms with Crippen LogP contribution in [0.1, 0.15) is 49.5 Å². The monoisotopic (exact) mass is 333 g/mol. The van der Waals surface area contributed by atoms with Crippen molar-refractivity contribution in [3.05, 3.63) is 35.4 Å². The smallest absolute Gasteiger partial charge is 0.220 e. The maximum atomic E-state index is 12.3. The van der Waals surface area contributed by atoms with Gasteiger partial charge in [-0.2, -0.15) is 0 Å². The molecule has 0 aliphatic carbocycles. The average Bonchev–Trinajstić information content (AvgIpc) is 2.90. The molecule has 1 aromatic carbocycles. The van der Waals surface area contributed by atoms with E-state index in [0.29, 0.717) is 25.0 Å². The van der Waals surface area contributed by atoms with Crippen molar-refractivity contribution in [1.82, 2.24) is 5.32 Å². The predicted octanol–water partition coefficient (Wildman–Crippen LogP) is 3.67. The Morgan fingerprint density at radius 3 is 2.35 bits per heavy atom. The van der Waals surface area contributed by atoms with E-state index in [4.69, 9.17) is 4.43 Å². The molecule has 0 spiro atoms. The number of nitrogens with one attached hydrogen (secondary N) is 1. The highest BCUT2D eigenvalue weighted by Gasteiger charge is 2.37. The summed E-state index contributed by atoms with van der Waals surface area (Å²) in [6, 6.07) is 7.18. The third kappa shape index (κ3) is 4.29. The highest BCUT2D eigenvalue weighted by molar-refractivity contribution is 6.74. The van der Waals surface area contributed by atoms with E-state index in [9.17, 15) is 9.59 Å². The zero-order chi connectivity index (χ0) is 17.3. The topological polar surface area (TPSA) is 55.4 Å². The Hall–Kier alpha value is -1.46. The lowest BCUT2D eigenvalue weighted by atomic mass is 10.0. The molecule has 2 rings (SSSR count). The molecule has 4 nitrogen and oxygen atoms in total. The zero-order valence-electron chi connectivity index (χ0n) is 14.7. The van der Waals surface area contributed by atoms with Gasteiger partial charge < -0.3 is 9.74 Å². The van der Waals surface area contributed by atoms with Crippen LogP contribution >= 0.6 is 0 Å². The number of carbonyl (C=O) groups excluding carboxylic acids is 2. The second kappa shape index (κ2) is 6.57. The maximum absolute atomic E-state index is 12.3. The third-order valence-electron chi connectivity index (χ3n) is 4.96. The first kappa shape index (κ1) is 17.9. The van der Waals surface area contributed by atoms with Crippen LogP contribution in [0.5, 0.6) is 0 Å². The molecule has 1 fully saturated rings. The minimum atomic E-state index is -1.77. The van der Waals surface area contributed by atoms with Gasteiger partial charge >= 0.3 is 0 Å². The van der Waals surface area contributed by atoms with Gasteiger partial charge in [0.25, 0.3) is 0 Å². The maximum Gasteiger partial charge on any atom is 0.220 e. The zero-order valence-corrected chi connectivity index (χ0v) is 15.7. The molecule has 1 aliphatic rings. The summed E-state index contributed by atoms with van der Waals surface area (Å²) in [7, 11) is -1.77. The summed E-state index contributed by atoms with van der Waals surface area (Å²) < 4.78 is 6.19. The van der Waals surface area contributed by atoms with E-state index < -0.39 is 8.32 Å². The molecule has 0 unspecified atom stereocenters. The van der Waals surface area contributed by atoms with Gasteiger partial charge in [-0.15, -0.1) is 0 Å². The highest BCUT2D eigenvalue weighted by Crippen LogP contribution is 2.37. The van der Waals surface area contributed by atoms with E-state index in [0.717, 1.165) is 5.56 Å². The van der Waals surface area contributed by atoms with E-state index in [-0.39, 0.29) is 22.8 Å². The van der Waals surface area contributed by atoms with Crippen LogP contribution in [0.2, 0.25) is 18.1 Å². The number of benzene rings is 1. The van der Waals surface area contributed by atoms with Gasteiger partial charge in [0, 0.05) is 12.0 Å². The lowest BCUT2D eigenvalue weighted by Gasteiger charge is -2.36. The largest absolute Gasteiger partial charge is 0.413 e. The van der Waals surface area contributed by atoms with E-state index >= 15 is 0 Å². The lowest BCUT2D eigenvalue weighted by molar-refractivity contribution is -0.119. The van der Waals surface area contributed by atoms with Gasteiger partial charge in [-0.3, -0.25) is 9.59 Å². The molecule has 0 bridgehead atoms. The fraction of sp³-hybridized carbons (Fsp3) is 0.556. The third-order valence-corrected chi connectivity index (χ3v) is 9.43. The molecule has 1 atom stereocenters. The molecule has 0 saturated carbocycles. The average molecular weight is 334 g/mol. The molecule has 1 N–H and O–H groups in total. The molecular weight excluding hydrogens is 306 g/mol. The van der Waals surface area contributed by atoms with Crippen molar-refractivity contribution in [3.8, 4) is 0 Å². The molecule has 23 heavy (non-hydrogen) atoms. The number of hydrogen-bond acceptors (Lipinski definition) is 3. The van der Waals surface area contributed by atoms with Crippen LogP contribution in [0, 0.1) is 0 Å². The predicted molar refractivity (Wildman–Crippen MR) is 93.9 cm³/mol. The molecule has 1 heterocycles. The van der Waals surface area contributed by atoms with Crippen molar-refractivity contribution in [2.45, 2.75) is 64.4 Å². The van der Waals surface area contributed by atoms with Gasteiger partial charge in [0.05, 0.1) is 12.6 Å². The Labute approximate surface area is 139 Å². The number of rotatable bonds is 5. The second-order valence-corrected chi connectivity index (χ2v) is 12.6. The van der Waals surface area contributed by atoms with Crippen LogP contribution in [-0.4, -0.2) is 26.0 Å². The van der Waals surface area contributed by atoms with Crippen LogP contribution in [0.4, 0.5) is 0 Å². The van der Waals surface area contributed by atoms with Crippen molar-refractivity contribution in [2.24, 2.45) is 0 Å². The summed E-state index contributed by atoms with van der Waals surface area (Å²) in [5.74, 6) is -0.0459. The molecule has 1 aliphatic heterocycles.